The molecule has 1 aromatic carbocycles. The summed E-state index contributed by atoms with van der Waals surface area (Å²) in [6.07, 6.45) is 4.42. The smallest absolute Gasteiger partial charge is 0.224 e. The molecule has 0 fully saturated rings. The summed E-state index contributed by atoms with van der Waals surface area (Å²) >= 11 is 0. The van der Waals surface area contributed by atoms with Gasteiger partial charge in [-0.3, -0.25) is 4.98 Å². The van der Waals surface area contributed by atoms with Gasteiger partial charge in [-0.15, -0.1) is 24.0 Å². The van der Waals surface area contributed by atoms with Gasteiger partial charge in [0.1, 0.15) is 0 Å². The fourth-order valence-electron chi connectivity index (χ4n) is 2.79. The van der Waals surface area contributed by atoms with Crippen LogP contribution < -0.4 is 20.1 Å². The minimum atomic E-state index is 0. The van der Waals surface area contributed by atoms with Crippen LogP contribution in [0.15, 0.2) is 72.0 Å². The van der Waals surface area contributed by atoms with Gasteiger partial charge in [0.2, 0.25) is 5.88 Å². The second-order valence-electron chi connectivity index (χ2n) is 6.73. The van der Waals surface area contributed by atoms with Crippen molar-refractivity contribution in [3.63, 3.8) is 0 Å². The first-order chi connectivity index (χ1) is 15.3. The fraction of sp³-hybridized carbons (Fsp3) is 0.292. The maximum Gasteiger partial charge on any atom is 0.224 e. The molecular weight excluding hydrogens is 517 g/mol. The maximum absolute atomic E-state index is 6.10. The van der Waals surface area contributed by atoms with Gasteiger partial charge >= 0.3 is 0 Å². The minimum Gasteiger partial charge on any atom is -0.490 e. The highest BCUT2D eigenvalue weighted by Crippen LogP contribution is 2.32. The van der Waals surface area contributed by atoms with Gasteiger partial charge in [0.05, 0.1) is 25.4 Å². The molecule has 2 aromatic heterocycles. The number of rotatable bonds is 10. The SMILES string of the molecule is CCCOc1ccccc1Oc1ncccc1CN=C(NCC)NCc1ccccn1.I. The molecule has 0 aliphatic carbocycles. The third kappa shape index (κ3) is 7.99. The van der Waals surface area contributed by atoms with Gasteiger partial charge in [0, 0.05) is 24.5 Å². The first-order valence-electron chi connectivity index (χ1n) is 10.6. The van der Waals surface area contributed by atoms with Crippen molar-refractivity contribution in [3.05, 3.63) is 78.2 Å². The number of aromatic nitrogens is 2. The van der Waals surface area contributed by atoms with Crippen LogP contribution in [0.3, 0.4) is 0 Å². The topological polar surface area (TPSA) is 80.7 Å². The zero-order valence-electron chi connectivity index (χ0n) is 18.5. The number of ether oxygens (including phenoxy) is 2. The summed E-state index contributed by atoms with van der Waals surface area (Å²) in [6, 6.07) is 17.3. The number of hydrogen-bond donors (Lipinski definition) is 2. The predicted octanol–water partition coefficient (Wildman–Crippen LogP) is 4.93. The second kappa shape index (κ2) is 14.2. The van der Waals surface area contributed by atoms with Gasteiger partial charge in [-0.25, -0.2) is 9.98 Å². The van der Waals surface area contributed by atoms with Crippen molar-refractivity contribution in [3.8, 4) is 17.4 Å². The molecule has 3 rings (SSSR count). The summed E-state index contributed by atoms with van der Waals surface area (Å²) in [7, 11) is 0. The largest absolute Gasteiger partial charge is 0.490 e. The lowest BCUT2D eigenvalue weighted by Crippen LogP contribution is -2.37. The lowest BCUT2D eigenvalue weighted by Gasteiger charge is -2.14. The van der Waals surface area contributed by atoms with Gasteiger partial charge in [0.25, 0.3) is 0 Å². The molecule has 0 aliphatic rings. The Hall–Kier alpha value is -2.88. The number of pyridine rings is 2. The minimum absolute atomic E-state index is 0. The molecule has 0 unspecified atom stereocenters. The van der Waals surface area contributed by atoms with E-state index in [-0.39, 0.29) is 24.0 Å². The Bertz CT molecular complexity index is 969. The van der Waals surface area contributed by atoms with Crippen LogP contribution in [0.25, 0.3) is 0 Å². The van der Waals surface area contributed by atoms with Gasteiger partial charge in [0.15, 0.2) is 17.5 Å². The van der Waals surface area contributed by atoms with Crippen molar-refractivity contribution in [1.82, 2.24) is 20.6 Å². The number of aliphatic imine (C=N–C) groups is 1. The van der Waals surface area contributed by atoms with E-state index >= 15 is 0 Å². The number of para-hydroxylation sites is 2. The van der Waals surface area contributed by atoms with Crippen LogP contribution in [0.1, 0.15) is 31.5 Å². The van der Waals surface area contributed by atoms with Gasteiger partial charge in [-0.2, -0.15) is 0 Å². The molecule has 0 atom stereocenters. The third-order valence-corrected chi connectivity index (χ3v) is 4.28. The van der Waals surface area contributed by atoms with Crippen LogP contribution in [0.4, 0.5) is 0 Å². The second-order valence-corrected chi connectivity index (χ2v) is 6.73. The van der Waals surface area contributed by atoms with Crippen molar-refractivity contribution < 1.29 is 9.47 Å². The molecule has 32 heavy (non-hydrogen) atoms. The number of guanidine groups is 1. The summed E-state index contributed by atoms with van der Waals surface area (Å²) in [4.78, 5) is 13.4. The molecule has 2 N–H and O–H groups in total. The predicted molar refractivity (Wildman–Crippen MR) is 138 cm³/mol. The maximum atomic E-state index is 6.10. The van der Waals surface area contributed by atoms with Crippen molar-refractivity contribution >= 4 is 29.9 Å². The van der Waals surface area contributed by atoms with Gasteiger partial charge in [-0.05, 0) is 43.7 Å². The summed E-state index contributed by atoms with van der Waals surface area (Å²) in [6.45, 7) is 6.50. The van der Waals surface area contributed by atoms with Gasteiger partial charge < -0.3 is 20.1 Å². The van der Waals surface area contributed by atoms with Crippen LogP contribution in [0.5, 0.6) is 17.4 Å². The Morgan fingerprint density at radius 3 is 2.44 bits per heavy atom. The van der Waals surface area contributed by atoms with E-state index in [2.05, 4.69) is 32.5 Å². The summed E-state index contributed by atoms with van der Waals surface area (Å²) in [5.41, 5.74) is 1.82. The molecule has 0 aliphatic heterocycles. The van der Waals surface area contributed by atoms with E-state index in [1.54, 1.807) is 12.4 Å². The van der Waals surface area contributed by atoms with E-state index in [1.807, 2.05) is 61.5 Å². The Labute approximate surface area is 206 Å². The van der Waals surface area contributed by atoms with Crippen molar-refractivity contribution in [2.75, 3.05) is 13.2 Å². The molecule has 0 saturated heterocycles. The summed E-state index contributed by atoms with van der Waals surface area (Å²) in [5.74, 6) is 2.56. The highest BCUT2D eigenvalue weighted by molar-refractivity contribution is 14.0. The van der Waals surface area contributed by atoms with E-state index in [9.17, 15) is 0 Å². The molecule has 0 spiro atoms. The van der Waals surface area contributed by atoms with Crippen LogP contribution >= 0.6 is 24.0 Å². The zero-order valence-corrected chi connectivity index (χ0v) is 20.8. The van der Waals surface area contributed by atoms with Gasteiger partial charge in [-0.1, -0.05) is 31.2 Å². The van der Waals surface area contributed by atoms with Crippen LogP contribution in [0, 0.1) is 0 Å². The van der Waals surface area contributed by atoms with E-state index < -0.39 is 0 Å². The quantitative estimate of drug-likeness (QED) is 0.213. The standard InChI is InChI=1S/C24H29N5O2.HI/c1-3-16-30-21-12-5-6-13-22(21)31-23-19(10-9-15-27-23)17-28-24(25-4-2)29-18-20-11-7-8-14-26-20;/h5-15H,3-4,16-18H2,1-2H3,(H2,25,28,29);1H. The van der Waals surface area contributed by atoms with E-state index in [0.29, 0.717) is 43.0 Å². The number of nitrogens with one attached hydrogen (secondary N) is 2. The number of hydrogen-bond acceptors (Lipinski definition) is 5. The molecule has 0 radical (unpaired) electrons. The van der Waals surface area contributed by atoms with E-state index in [0.717, 1.165) is 24.2 Å². The molecule has 0 saturated carbocycles. The number of nitrogens with zero attached hydrogens (tertiary/aromatic N) is 3. The van der Waals surface area contributed by atoms with Crippen molar-refractivity contribution in [2.45, 2.75) is 33.4 Å². The van der Waals surface area contributed by atoms with Crippen molar-refractivity contribution in [1.29, 1.82) is 0 Å². The monoisotopic (exact) mass is 547 g/mol. The lowest BCUT2D eigenvalue weighted by molar-refractivity contribution is 0.300. The molecule has 7 nitrogen and oxygen atoms in total. The molecule has 3 aromatic rings. The average Bonchev–Trinajstić information content (AvgIpc) is 2.82. The summed E-state index contributed by atoms with van der Waals surface area (Å²) < 4.78 is 11.9. The average molecular weight is 547 g/mol. The Morgan fingerprint density at radius 1 is 0.906 bits per heavy atom. The van der Waals surface area contributed by atoms with Crippen LogP contribution in [-0.4, -0.2) is 29.1 Å². The molecular formula is C24H30IN5O2. The molecule has 2 heterocycles. The molecule has 8 heteroatoms. The first-order valence-corrected chi connectivity index (χ1v) is 10.6. The lowest BCUT2D eigenvalue weighted by atomic mass is 10.2. The molecule has 170 valence electrons. The van der Waals surface area contributed by atoms with E-state index in [1.165, 1.54) is 0 Å². The normalized spacial score (nSPS) is 10.8. The summed E-state index contributed by atoms with van der Waals surface area (Å²) in [5, 5.41) is 6.56. The van der Waals surface area contributed by atoms with Crippen LogP contribution in [0.2, 0.25) is 0 Å². The van der Waals surface area contributed by atoms with Crippen LogP contribution in [-0.2, 0) is 13.1 Å². The Kier molecular flexibility index (Phi) is 11.3. The van der Waals surface area contributed by atoms with Crippen molar-refractivity contribution in [2.24, 2.45) is 4.99 Å². The Morgan fingerprint density at radius 2 is 1.69 bits per heavy atom. The van der Waals surface area contributed by atoms with E-state index in [4.69, 9.17) is 9.47 Å². The number of halogens is 1. The third-order valence-electron chi connectivity index (χ3n) is 4.28. The highest BCUT2D eigenvalue weighted by Gasteiger charge is 2.10. The zero-order chi connectivity index (χ0) is 21.7. The molecule has 0 bridgehead atoms. The fourth-order valence-corrected chi connectivity index (χ4v) is 2.79. The Balaban J connectivity index is 0.00000363. The highest BCUT2D eigenvalue weighted by atomic mass is 127. The molecule has 0 amide bonds. The number of benzene rings is 1. The first kappa shape index (κ1) is 25.4.